The van der Waals surface area contributed by atoms with Gasteiger partial charge in [0.2, 0.25) is 0 Å². The molecule has 0 bridgehead atoms. The Kier molecular flexibility index (Phi) is 7.14. The van der Waals surface area contributed by atoms with E-state index in [1.54, 1.807) is 0 Å². The third kappa shape index (κ3) is 6.13. The number of hydrogen-bond donors (Lipinski definition) is 1. The van der Waals surface area contributed by atoms with Crippen molar-refractivity contribution in [2.45, 2.75) is 19.8 Å². The van der Waals surface area contributed by atoms with E-state index in [-0.39, 0.29) is 0 Å². The lowest BCUT2D eigenvalue weighted by Crippen LogP contribution is -2.35. The maximum atomic E-state index is 11.7. The lowest BCUT2D eigenvalue weighted by Gasteiger charge is -2.21. The largest absolute Gasteiger partial charge is 0.329 e. The molecule has 18 heavy (non-hydrogen) atoms. The van der Waals surface area contributed by atoms with Crippen molar-refractivity contribution >= 4 is 9.84 Å². The molecule has 1 heterocycles. The molecule has 2 N–H and O–H groups in total. The molecule has 108 valence electrons. The van der Waals surface area contributed by atoms with Crippen molar-refractivity contribution in [3.05, 3.63) is 0 Å². The van der Waals surface area contributed by atoms with Gasteiger partial charge in [0.25, 0.3) is 0 Å². The molecular formula is C12H27N3O2S. The molecule has 0 radical (unpaired) electrons. The third-order valence-electron chi connectivity index (χ3n) is 3.36. The van der Waals surface area contributed by atoms with Crippen LogP contribution in [-0.4, -0.2) is 75.5 Å². The van der Waals surface area contributed by atoms with Crippen molar-refractivity contribution in [3.8, 4) is 0 Å². The fraction of sp³-hybridized carbons (Fsp3) is 1.00. The second-order valence-electron chi connectivity index (χ2n) is 4.98. The second kappa shape index (κ2) is 8.09. The van der Waals surface area contributed by atoms with Crippen LogP contribution in [0.4, 0.5) is 0 Å². The summed E-state index contributed by atoms with van der Waals surface area (Å²) in [6.07, 6.45) is 1.82. The van der Waals surface area contributed by atoms with Crippen LogP contribution in [0.1, 0.15) is 19.8 Å². The predicted octanol–water partition coefficient (Wildman–Crippen LogP) is -0.222. The molecule has 0 aromatic rings. The predicted molar refractivity (Wildman–Crippen MR) is 75.5 cm³/mol. The van der Waals surface area contributed by atoms with Crippen molar-refractivity contribution in [1.29, 1.82) is 0 Å². The number of nitrogens with zero attached hydrogens (tertiary/aromatic N) is 2. The van der Waals surface area contributed by atoms with Crippen LogP contribution >= 0.6 is 0 Å². The molecule has 0 aliphatic carbocycles. The second-order valence-corrected chi connectivity index (χ2v) is 7.28. The standard InChI is InChI=1S/C12H27N3O2S/c1-2-11-18(16,17)12-10-15-6-3-5-14(7-4-13)8-9-15/h2-13H2,1H3. The summed E-state index contributed by atoms with van der Waals surface area (Å²) in [4.78, 5) is 4.63. The molecule has 0 spiro atoms. The van der Waals surface area contributed by atoms with Gasteiger partial charge in [-0.3, -0.25) is 0 Å². The summed E-state index contributed by atoms with van der Waals surface area (Å²) < 4.78 is 23.3. The SMILES string of the molecule is CCCS(=O)(=O)CCN1CCCN(CCN)CC1. The highest BCUT2D eigenvalue weighted by Crippen LogP contribution is 2.04. The zero-order valence-corrected chi connectivity index (χ0v) is 12.3. The molecule has 6 heteroatoms. The van der Waals surface area contributed by atoms with Crippen LogP contribution in [0, 0.1) is 0 Å². The Hall–Kier alpha value is -0.170. The van der Waals surface area contributed by atoms with Gasteiger partial charge in [0, 0.05) is 38.5 Å². The minimum Gasteiger partial charge on any atom is -0.329 e. The van der Waals surface area contributed by atoms with Crippen molar-refractivity contribution in [3.63, 3.8) is 0 Å². The van der Waals surface area contributed by atoms with Gasteiger partial charge in [-0.2, -0.15) is 0 Å². The number of sulfone groups is 1. The van der Waals surface area contributed by atoms with Gasteiger partial charge in [-0.15, -0.1) is 0 Å². The normalized spacial score (nSPS) is 19.9. The molecule has 1 aliphatic rings. The van der Waals surface area contributed by atoms with Crippen LogP contribution in [0.25, 0.3) is 0 Å². The quantitative estimate of drug-likeness (QED) is 0.697. The fourth-order valence-electron chi connectivity index (χ4n) is 2.34. The van der Waals surface area contributed by atoms with Crippen LogP contribution in [-0.2, 0) is 9.84 Å². The molecule has 1 saturated heterocycles. The van der Waals surface area contributed by atoms with Gasteiger partial charge < -0.3 is 15.5 Å². The Balaban J connectivity index is 2.31. The molecule has 5 nitrogen and oxygen atoms in total. The Morgan fingerprint density at radius 1 is 1.00 bits per heavy atom. The zero-order valence-electron chi connectivity index (χ0n) is 11.5. The van der Waals surface area contributed by atoms with E-state index in [9.17, 15) is 8.42 Å². The summed E-state index contributed by atoms with van der Waals surface area (Å²) in [6.45, 7) is 8.28. The summed E-state index contributed by atoms with van der Waals surface area (Å²) >= 11 is 0. The van der Waals surface area contributed by atoms with Gasteiger partial charge in [-0.05, 0) is 25.9 Å². The van der Waals surface area contributed by atoms with Crippen molar-refractivity contribution in [2.75, 3.05) is 57.3 Å². The van der Waals surface area contributed by atoms with Gasteiger partial charge in [0.05, 0.1) is 5.75 Å². The summed E-state index contributed by atoms with van der Waals surface area (Å²) in [5.41, 5.74) is 5.56. The molecule has 1 aliphatic heterocycles. The first kappa shape index (κ1) is 15.9. The molecule has 0 saturated carbocycles. The fourth-order valence-corrected chi connectivity index (χ4v) is 3.70. The number of rotatable bonds is 7. The summed E-state index contributed by atoms with van der Waals surface area (Å²) in [5.74, 6) is 0.623. The van der Waals surface area contributed by atoms with Crippen LogP contribution in [0.2, 0.25) is 0 Å². The molecule has 0 aromatic heterocycles. The zero-order chi connectivity index (χ0) is 13.4. The lowest BCUT2D eigenvalue weighted by molar-refractivity contribution is 0.268. The van der Waals surface area contributed by atoms with Crippen LogP contribution in [0.15, 0.2) is 0 Å². The van der Waals surface area contributed by atoms with E-state index in [0.717, 1.165) is 39.1 Å². The first-order chi connectivity index (χ1) is 8.57. The van der Waals surface area contributed by atoms with Gasteiger partial charge in [-0.25, -0.2) is 8.42 Å². The maximum Gasteiger partial charge on any atom is 0.151 e. The van der Waals surface area contributed by atoms with Crippen LogP contribution in [0.5, 0.6) is 0 Å². The van der Waals surface area contributed by atoms with E-state index >= 15 is 0 Å². The van der Waals surface area contributed by atoms with Crippen LogP contribution in [0.3, 0.4) is 0 Å². The van der Waals surface area contributed by atoms with E-state index in [2.05, 4.69) is 9.80 Å². The van der Waals surface area contributed by atoms with E-state index in [4.69, 9.17) is 5.73 Å². The first-order valence-electron chi connectivity index (χ1n) is 6.92. The molecule has 1 rings (SSSR count). The molecule has 0 atom stereocenters. The minimum atomic E-state index is -2.84. The smallest absolute Gasteiger partial charge is 0.151 e. The van der Waals surface area contributed by atoms with E-state index in [1.807, 2.05) is 6.92 Å². The first-order valence-corrected chi connectivity index (χ1v) is 8.74. The highest BCUT2D eigenvalue weighted by molar-refractivity contribution is 7.91. The molecule has 0 unspecified atom stereocenters. The third-order valence-corrected chi connectivity index (χ3v) is 5.19. The van der Waals surface area contributed by atoms with Crippen molar-refractivity contribution < 1.29 is 8.42 Å². The topological polar surface area (TPSA) is 66.6 Å². The summed E-state index contributed by atoms with van der Waals surface area (Å²) in [5, 5.41) is 0. The monoisotopic (exact) mass is 277 g/mol. The van der Waals surface area contributed by atoms with Crippen molar-refractivity contribution in [2.24, 2.45) is 5.73 Å². The van der Waals surface area contributed by atoms with E-state index in [0.29, 0.717) is 31.0 Å². The Morgan fingerprint density at radius 3 is 2.17 bits per heavy atom. The highest BCUT2D eigenvalue weighted by atomic mass is 32.2. The maximum absolute atomic E-state index is 11.7. The minimum absolute atomic E-state index is 0.303. The highest BCUT2D eigenvalue weighted by Gasteiger charge is 2.16. The van der Waals surface area contributed by atoms with Gasteiger partial charge >= 0.3 is 0 Å². The Bertz CT molecular complexity index is 319. The average molecular weight is 277 g/mol. The number of hydrogen-bond acceptors (Lipinski definition) is 5. The van der Waals surface area contributed by atoms with Gasteiger partial charge in [-0.1, -0.05) is 6.92 Å². The summed E-state index contributed by atoms with van der Waals surface area (Å²) in [6, 6.07) is 0. The number of nitrogens with two attached hydrogens (primary N) is 1. The molecular weight excluding hydrogens is 250 g/mol. The lowest BCUT2D eigenvalue weighted by atomic mass is 10.4. The van der Waals surface area contributed by atoms with E-state index in [1.165, 1.54) is 0 Å². The molecule has 1 fully saturated rings. The Labute approximate surface area is 111 Å². The molecule has 0 aromatic carbocycles. The average Bonchev–Trinajstić information content (AvgIpc) is 2.53. The van der Waals surface area contributed by atoms with E-state index < -0.39 is 9.84 Å². The Morgan fingerprint density at radius 2 is 1.61 bits per heavy atom. The summed E-state index contributed by atoms with van der Waals surface area (Å²) in [7, 11) is -2.84. The van der Waals surface area contributed by atoms with Gasteiger partial charge in [0.15, 0.2) is 9.84 Å². The van der Waals surface area contributed by atoms with Gasteiger partial charge in [0.1, 0.15) is 0 Å². The van der Waals surface area contributed by atoms with Crippen molar-refractivity contribution in [1.82, 2.24) is 9.80 Å². The van der Waals surface area contributed by atoms with Crippen LogP contribution < -0.4 is 5.73 Å². The molecule has 0 amide bonds.